The largest absolute Gasteiger partial charge is 0.493 e. The molecule has 0 spiro atoms. The molecule has 0 heterocycles. The first-order valence-electron chi connectivity index (χ1n) is 8.85. The highest BCUT2D eigenvalue weighted by atomic mass is 35.5. The van der Waals surface area contributed by atoms with E-state index in [0.29, 0.717) is 34.6 Å². The summed E-state index contributed by atoms with van der Waals surface area (Å²) >= 11 is 10.8. The van der Waals surface area contributed by atoms with Crippen LogP contribution in [0.4, 0.5) is 0 Å². The lowest BCUT2D eigenvalue weighted by Gasteiger charge is -2.12. The first kappa shape index (κ1) is 22.4. The van der Waals surface area contributed by atoms with E-state index in [4.69, 9.17) is 33.3 Å². The first-order chi connectivity index (χ1) is 13.8. The monoisotopic (exact) mass is 435 g/mol. The molecule has 0 aliphatic carbocycles. The summed E-state index contributed by atoms with van der Waals surface area (Å²) in [6.45, 7) is 4.47. The summed E-state index contributed by atoms with van der Waals surface area (Å²) in [5.74, 6) is 0.714. The van der Waals surface area contributed by atoms with Gasteiger partial charge in [-0.3, -0.25) is 25.8 Å². The van der Waals surface area contributed by atoms with E-state index in [1.165, 1.54) is 0 Å². The quantitative estimate of drug-likeness (QED) is 0.457. The lowest BCUT2D eigenvalue weighted by Crippen LogP contribution is -2.49. The lowest BCUT2D eigenvalue weighted by atomic mass is 10.2. The van der Waals surface area contributed by atoms with Crippen molar-refractivity contribution in [1.29, 1.82) is 0 Å². The molecule has 0 aliphatic heterocycles. The Kier molecular flexibility index (Phi) is 8.69. The molecule has 0 fully saturated rings. The Balaban J connectivity index is 1.71. The van der Waals surface area contributed by atoms with Gasteiger partial charge < -0.3 is 9.47 Å². The molecule has 9 heteroatoms. The fourth-order valence-electron chi connectivity index (χ4n) is 2.01. The van der Waals surface area contributed by atoms with Crippen LogP contribution in [0.5, 0.6) is 11.5 Å². The minimum Gasteiger partial charge on any atom is -0.493 e. The second kappa shape index (κ2) is 11.2. The summed E-state index contributed by atoms with van der Waals surface area (Å²) in [6.07, 6.45) is 0. The molecule has 0 bridgehead atoms. The van der Waals surface area contributed by atoms with Gasteiger partial charge in [0.05, 0.1) is 6.61 Å². The van der Waals surface area contributed by atoms with Crippen LogP contribution in [-0.4, -0.2) is 30.1 Å². The number of halogens is 1. The zero-order valence-electron chi connectivity index (χ0n) is 16.0. The average Bonchev–Trinajstić information content (AvgIpc) is 2.70. The molecule has 2 rings (SSSR count). The van der Waals surface area contributed by atoms with Gasteiger partial charge in [0.25, 0.3) is 11.8 Å². The maximum absolute atomic E-state index is 12.2. The number of thiocarbonyl (C=S) groups is 1. The summed E-state index contributed by atoms with van der Waals surface area (Å²) in [5, 5.41) is 3.00. The molecular formula is C20H22ClN3O4S. The summed E-state index contributed by atoms with van der Waals surface area (Å²) in [5.41, 5.74) is 5.19. The highest BCUT2D eigenvalue weighted by Crippen LogP contribution is 2.15. The topological polar surface area (TPSA) is 88.7 Å². The zero-order valence-corrected chi connectivity index (χ0v) is 17.6. The molecule has 0 aromatic heterocycles. The Morgan fingerprint density at radius 2 is 1.55 bits per heavy atom. The predicted molar refractivity (Wildman–Crippen MR) is 115 cm³/mol. The number of benzene rings is 2. The van der Waals surface area contributed by atoms with Gasteiger partial charge in [-0.15, -0.1) is 0 Å². The van der Waals surface area contributed by atoms with E-state index >= 15 is 0 Å². The van der Waals surface area contributed by atoms with Crippen molar-refractivity contribution in [2.75, 3.05) is 13.2 Å². The van der Waals surface area contributed by atoms with E-state index in [1.807, 2.05) is 0 Å². The van der Waals surface area contributed by atoms with E-state index in [-0.39, 0.29) is 11.7 Å². The van der Waals surface area contributed by atoms with Gasteiger partial charge in [0.15, 0.2) is 11.7 Å². The molecule has 29 heavy (non-hydrogen) atoms. The van der Waals surface area contributed by atoms with E-state index in [1.54, 1.807) is 48.5 Å². The Bertz CT molecular complexity index is 842. The second-order valence-corrected chi connectivity index (χ2v) is 7.27. The molecule has 0 saturated heterocycles. The fourth-order valence-corrected chi connectivity index (χ4v) is 2.28. The molecule has 0 unspecified atom stereocenters. The number of hydrogen-bond acceptors (Lipinski definition) is 5. The standard InChI is InChI=1S/C20H22ClN3O4S/c1-13(2)11-27-16-7-3-14(4-8-16)19(26)22-20(29)24-23-18(25)12-28-17-9-5-15(21)6-10-17/h3-10,13H,11-12H2,1-2H3,(H,23,25)(H2,22,24,26,29). The third-order valence-corrected chi connectivity index (χ3v) is 3.88. The van der Waals surface area contributed by atoms with E-state index in [0.717, 1.165) is 0 Å². The van der Waals surface area contributed by atoms with E-state index in [2.05, 4.69) is 30.0 Å². The van der Waals surface area contributed by atoms with Crippen molar-refractivity contribution in [3.63, 3.8) is 0 Å². The minimum atomic E-state index is -0.469. The normalized spacial score (nSPS) is 10.2. The van der Waals surface area contributed by atoms with Crippen molar-refractivity contribution >= 4 is 40.7 Å². The number of amides is 2. The Morgan fingerprint density at radius 1 is 0.966 bits per heavy atom. The molecule has 0 saturated carbocycles. The van der Waals surface area contributed by atoms with Crippen molar-refractivity contribution in [3.8, 4) is 11.5 Å². The van der Waals surface area contributed by atoms with Gasteiger partial charge in [-0.1, -0.05) is 25.4 Å². The summed E-state index contributed by atoms with van der Waals surface area (Å²) in [4.78, 5) is 24.0. The second-order valence-electron chi connectivity index (χ2n) is 6.43. The number of nitrogens with one attached hydrogen (secondary N) is 3. The summed E-state index contributed by atoms with van der Waals surface area (Å²) in [7, 11) is 0. The Morgan fingerprint density at radius 3 is 2.17 bits per heavy atom. The maximum atomic E-state index is 12.2. The third kappa shape index (κ3) is 8.37. The SMILES string of the molecule is CC(C)COc1ccc(C(=O)NC(=S)NNC(=O)COc2ccc(Cl)cc2)cc1. The van der Waals surface area contributed by atoms with E-state index in [9.17, 15) is 9.59 Å². The fraction of sp³-hybridized carbons (Fsp3) is 0.250. The van der Waals surface area contributed by atoms with E-state index < -0.39 is 11.8 Å². The maximum Gasteiger partial charge on any atom is 0.276 e. The van der Waals surface area contributed by atoms with Gasteiger partial charge >= 0.3 is 0 Å². The zero-order chi connectivity index (χ0) is 21.2. The van der Waals surface area contributed by atoms with Gasteiger partial charge in [0.1, 0.15) is 11.5 Å². The average molecular weight is 436 g/mol. The molecular weight excluding hydrogens is 414 g/mol. The van der Waals surface area contributed by atoms with Crippen LogP contribution >= 0.6 is 23.8 Å². The van der Waals surface area contributed by atoms with Gasteiger partial charge in [0, 0.05) is 10.6 Å². The molecule has 2 aromatic carbocycles. The number of ether oxygens (including phenoxy) is 2. The number of rotatable bonds is 7. The highest BCUT2D eigenvalue weighted by Gasteiger charge is 2.09. The van der Waals surface area contributed by atoms with Crippen LogP contribution in [0.3, 0.4) is 0 Å². The van der Waals surface area contributed by atoms with Crippen LogP contribution in [0, 0.1) is 5.92 Å². The van der Waals surface area contributed by atoms with Crippen molar-refractivity contribution in [2.45, 2.75) is 13.8 Å². The van der Waals surface area contributed by atoms with Gasteiger partial charge in [0.2, 0.25) is 0 Å². The number of carbonyl (C=O) groups is 2. The molecule has 0 atom stereocenters. The van der Waals surface area contributed by atoms with Crippen molar-refractivity contribution in [2.24, 2.45) is 5.92 Å². The Hall–Kier alpha value is -2.84. The summed E-state index contributed by atoms with van der Waals surface area (Å²) in [6, 6.07) is 13.3. The van der Waals surface area contributed by atoms with Gasteiger partial charge in [-0.25, -0.2) is 0 Å². The van der Waals surface area contributed by atoms with Crippen LogP contribution < -0.4 is 25.6 Å². The number of carbonyl (C=O) groups excluding carboxylic acids is 2. The van der Waals surface area contributed by atoms with Crippen LogP contribution in [-0.2, 0) is 4.79 Å². The van der Waals surface area contributed by atoms with Crippen molar-refractivity contribution < 1.29 is 19.1 Å². The van der Waals surface area contributed by atoms with Gasteiger partial charge in [-0.05, 0) is 66.7 Å². The predicted octanol–water partition coefficient (Wildman–Crippen LogP) is 3.09. The molecule has 7 nitrogen and oxygen atoms in total. The number of hydrogen-bond donors (Lipinski definition) is 3. The summed E-state index contributed by atoms with van der Waals surface area (Å²) < 4.78 is 10.9. The molecule has 3 N–H and O–H groups in total. The molecule has 0 aliphatic rings. The van der Waals surface area contributed by atoms with Crippen LogP contribution in [0.25, 0.3) is 0 Å². The molecule has 2 amide bonds. The third-order valence-electron chi connectivity index (χ3n) is 3.43. The van der Waals surface area contributed by atoms with Crippen LogP contribution in [0.1, 0.15) is 24.2 Å². The molecule has 2 aromatic rings. The van der Waals surface area contributed by atoms with Gasteiger partial charge in [-0.2, -0.15) is 0 Å². The van der Waals surface area contributed by atoms with Crippen molar-refractivity contribution in [1.82, 2.24) is 16.2 Å². The first-order valence-corrected chi connectivity index (χ1v) is 9.63. The molecule has 154 valence electrons. The van der Waals surface area contributed by atoms with Crippen LogP contribution in [0.15, 0.2) is 48.5 Å². The Labute approximate surface area is 179 Å². The minimum absolute atomic E-state index is 0.0463. The van der Waals surface area contributed by atoms with Crippen molar-refractivity contribution in [3.05, 3.63) is 59.1 Å². The highest BCUT2D eigenvalue weighted by molar-refractivity contribution is 7.80. The number of hydrazine groups is 1. The lowest BCUT2D eigenvalue weighted by molar-refractivity contribution is -0.123. The smallest absolute Gasteiger partial charge is 0.276 e. The molecule has 0 radical (unpaired) electrons. The van der Waals surface area contributed by atoms with Crippen LogP contribution in [0.2, 0.25) is 5.02 Å².